The van der Waals surface area contributed by atoms with Crippen LogP contribution in [0.25, 0.3) is 11.4 Å². The fourth-order valence-corrected chi connectivity index (χ4v) is 6.15. The zero-order chi connectivity index (χ0) is 25.7. The molecule has 38 heavy (non-hydrogen) atoms. The Labute approximate surface area is 228 Å². The quantitative estimate of drug-likeness (QED) is 0.474. The van der Waals surface area contributed by atoms with Crippen molar-refractivity contribution in [3.05, 3.63) is 60.3 Å². The summed E-state index contributed by atoms with van der Waals surface area (Å²) in [6.07, 6.45) is 3.95. The van der Waals surface area contributed by atoms with Crippen LogP contribution in [0, 0.1) is 11.3 Å². The Morgan fingerprint density at radius 3 is 2.50 bits per heavy atom. The Morgan fingerprint density at radius 2 is 1.79 bits per heavy atom. The summed E-state index contributed by atoms with van der Waals surface area (Å²) in [5.74, 6) is 4.13. The molecular formula is C29H32N6O2S. The second-order valence-corrected chi connectivity index (χ2v) is 11.1. The van der Waals surface area contributed by atoms with E-state index in [9.17, 15) is 5.26 Å². The molecule has 1 N–H and O–H groups in total. The van der Waals surface area contributed by atoms with Crippen LogP contribution in [0.3, 0.4) is 0 Å². The van der Waals surface area contributed by atoms with Gasteiger partial charge in [0.1, 0.15) is 23.7 Å². The van der Waals surface area contributed by atoms with Gasteiger partial charge in [-0.1, -0.05) is 0 Å². The summed E-state index contributed by atoms with van der Waals surface area (Å²) in [7, 11) is 0. The van der Waals surface area contributed by atoms with Gasteiger partial charge in [-0.15, -0.1) is 0 Å². The van der Waals surface area contributed by atoms with Gasteiger partial charge in [-0.2, -0.15) is 17.0 Å². The first-order valence-electron chi connectivity index (χ1n) is 13.3. The van der Waals surface area contributed by atoms with Crippen LogP contribution in [0.15, 0.2) is 54.7 Å². The summed E-state index contributed by atoms with van der Waals surface area (Å²) in [4.78, 5) is 14.1. The average molecular weight is 529 g/mol. The number of benzene rings is 2. The maximum absolute atomic E-state index is 9.74. The predicted molar refractivity (Wildman–Crippen MR) is 151 cm³/mol. The molecule has 0 amide bonds. The minimum absolute atomic E-state index is 0.177. The molecule has 3 aliphatic rings. The molecule has 3 aliphatic heterocycles. The number of nitrogens with one attached hydrogen (secondary N) is 1. The van der Waals surface area contributed by atoms with Crippen LogP contribution in [0.4, 0.5) is 17.2 Å². The molecule has 0 aliphatic carbocycles. The normalized spacial score (nSPS) is 19.0. The van der Waals surface area contributed by atoms with Crippen LogP contribution in [0.5, 0.6) is 5.75 Å². The van der Waals surface area contributed by atoms with Gasteiger partial charge >= 0.3 is 0 Å². The predicted octanol–water partition coefficient (Wildman–Crippen LogP) is 4.55. The molecule has 9 heteroatoms. The fraction of sp³-hybridized carbons (Fsp3) is 0.414. The Bertz CT molecular complexity index is 1280. The van der Waals surface area contributed by atoms with Gasteiger partial charge in [-0.05, 0) is 72.9 Å². The number of piperazine rings is 1. The Kier molecular flexibility index (Phi) is 7.63. The molecule has 0 atom stereocenters. The highest BCUT2D eigenvalue weighted by Crippen LogP contribution is 2.29. The number of ether oxygens (including phenoxy) is 2. The van der Waals surface area contributed by atoms with Crippen molar-refractivity contribution in [2.75, 3.05) is 61.1 Å². The number of hydrogen-bond donors (Lipinski definition) is 1. The molecule has 8 nitrogen and oxygen atoms in total. The number of aromatic nitrogens is 2. The van der Waals surface area contributed by atoms with Gasteiger partial charge in [0.25, 0.3) is 0 Å². The van der Waals surface area contributed by atoms with Crippen LogP contribution < -0.4 is 15.0 Å². The molecule has 3 aromatic rings. The molecule has 6 rings (SSSR count). The molecule has 0 spiro atoms. The first-order chi connectivity index (χ1) is 18.7. The van der Waals surface area contributed by atoms with Gasteiger partial charge in [0.15, 0.2) is 5.82 Å². The topological polar surface area (TPSA) is 86.5 Å². The van der Waals surface area contributed by atoms with E-state index in [2.05, 4.69) is 50.4 Å². The van der Waals surface area contributed by atoms with Crippen molar-refractivity contribution in [1.82, 2.24) is 14.9 Å². The van der Waals surface area contributed by atoms with Crippen molar-refractivity contribution in [3.8, 4) is 23.2 Å². The van der Waals surface area contributed by atoms with E-state index in [1.807, 2.05) is 36.0 Å². The van der Waals surface area contributed by atoms with Gasteiger partial charge in [-0.25, -0.2) is 9.97 Å². The molecule has 196 valence electrons. The summed E-state index contributed by atoms with van der Waals surface area (Å²) < 4.78 is 11.5. The third-order valence-corrected chi connectivity index (χ3v) is 8.48. The molecule has 0 bridgehead atoms. The second kappa shape index (κ2) is 11.6. The largest absolute Gasteiger partial charge is 0.489 e. The number of hydrogen-bond acceptors (Lipinski definition) is 9. The molecule has 0 radical (unpaired) electrons. The lowest BCUT2D eigenvalue weighted by atomic mass is 10.1. The monoisotopic (exact) mass is 528 g/mol. The van der Waals surface area contributed by atoms with E-state index in [1.54, 1.807) is 6.20 Å². The van der Waals surface area contributed by atoms with Crippen molar-refractivity contribution in [2.24, 2.45) is 0 Å². The van der Waals surface area contributed by atoms with Crippen molar-refractivity contribution in [3.63, 3.8) is 0 Å². The molecular weight excluding hydrogens is 496 g/mol. The van der Waals surface area contributed by atoms with Crippen LogP contribution in [0.1, 0.15) is 18.4 Å². The average Bonchev–Trinajstić information content (AvgIpc) is 2.94. The Balaban J connectivity index is 1.10. The number of nitriles is 1. The zero-order valence-electron chi connectivity index (χ0n) is 21.4. The lowest BCUT2D eigenvalue weighted by Crippen LogP contribution is -2.56. The minimum atomic E-state index is 0.177. The molecule has 0 unspecified atom stereocenters. The minimum Gasteiger partial charge on any atom is -0.489 e. The van der Waals surface area contributed by atoms with Gasteiger partial charge in [0.05, 0.1) is 24.8 Å². The second-order valence-electron chi connectivity index (χ2n) is 9.90. The molecule has 2 aromatic carbocycles. The van der Waals surface area contributed by atoms with Gasteiger partial charge in [-0.3, -0.25) is 4.90 Å². The number of nitrogens with zero attached hydrogens (tertiary/aromatic N) is 5. The van der Waals surface area contributed by atoms with Gasteiger partial charge in [0, 0.05) is 49.3 Å². The molecule has 4 heterocycles. The molecule has 3 fully saturated rings. The van der Waals surface area contributed by atoms with E-state index in [1.165, 1.54) is 5.69 Å². The number of thioether (sulfide) groups is 1. The molecule has 3 saturated heterocycles. The van der Waals surface area contributed by atoms with E-state index in [0.717, 1.165) is 75.0 Å². The number of rotatable bonds is 7. The van der Waals surface area contributed by atoms with E-state index < -0.39 is 0 Å². The van der Waals surface area contributed by atoms with Crippen LogP contribution in [-0.4, -0.2) is 77.9 Å². The van der Waals surface area contributed by atoms with Gasteiger partial charge < -0.3 is 19.7 Å². The van der Waals surface area contributed by atoms with E-state index >= 15 is 0 Å². The first-order valence-corrected chi connectivity index (χ1v) is 14.5. The summed E-state index contributed by atoms with van der Waals surface area (Å²) in [5, 5.41) is 13.1. The van der Waals surface area contributed by atoms with Crippen molar-refractivity contribution < 1.29 is 9.47 Å². The first kappa shape index (κ1) is 25.0. The van der Waals surface area contributed by atoms with E-state index in [0.29, 0.717) is 29.0 Å². The zero-order valence-corrected chi connectivity index (χ0v) is 22.2. The maximum atomic E-state index is 9.74. The lowest BCUT2D eigenvalue weighted by Gasteiger charge is -2.43. The summed E-state index contributed by atoms with van der Waals surface area (Å²) in [6, 6.07) is 18.9. The Morgan fingerprint density at radius 1 is 1.00 bits per heavy atom. The fourth-order valence-electron chi connectivity index (χ4n) is 5.08. The van der Waals surface area contributed by atoms with Gasteiger partial charge in [0.2, 0.25) is 0 Å². The maximum Gasteiger partial charge on any atom is 0.161 e. The van der Waals surface area contributed by atoms with Crippen molar-refractivity contribution in [1.29, 1.82) is 5.26 Å². The summed E-state index contributed by atoms with van der Waals surface area (Å²) >= 11 is 1.96. The Hall–Kier alpha value is -3.32. The molecule has 0 saturated carbocycles. The van der Waals surface area contributed by atoms with E-state index in [-0.39, 0.29) is 6.10 Å². The van der Waals surface area contributed by atoms with Crippen molar-refractivity contribution >= 4 is 29.0 Å². The standard InChI is InChI=1S/C29H32N6O2S/c30-18-22-17-21(1-6-27(22)37-26-8-15-38-16-9-26)29-31-10-7-28(33-29)32-23-2-4-24(5-3-23)34-11-13-35(14-12-34)25-19-36-20-25/h1-7,10,17,25-26H,8-9,11-16,19-20H2,(H,31,32,33). The SMILES string of the molecule is N#Cc1cc(-c2nccc(Nc3ccc(N4CCN(C5COC5)CC4)cc3)n2)ccc1OC1CCSCC1. The van der Waals surface area contributed by atoms with Crippen LogP contribution >= 0.6 is 11.8 Å². The van der Waals surface area contributed by atoms with Crippen LogP contribution in [-0.2, 0) is 4.74 Å². The van der Waals surface area contributed by atoms with Crippen LogP contribution in [0.2, 0.25) is 0 Å². The highest BCUT2D eigenvalue weighted by Gasteiger charge is 2.28. The third kappa shape index (κ3) is 5.73. The summed E-state index contributed by atoms with van der Waals surface area (Å²) in [6.45, 7) is 5.99. The third-order valence-electron chi connectivity index (χ3n) is 7.43. The number of anilines is 3. The summed E-state index contributed by atoms with van der Waals surface area (Å²) in [5.41, 5.74) is 3.51. The highest BCUT2D eigenvalue weighted by atomic mass is 32.2. The lowest BCUT2D eigenvalue weighted by molar-refractivity contribution is -0.0660. The molecule has 1 aromatic heterocycles. The highest BCUT2D eigenvalue weighted by molar-refractivity contribution is 7.99. The smallest absolute Gasteiger partial charge is 0.161 e. The van der Waals surface area contributed by atoms with E-state index in [4.69, 9.17) is 14.5 Å². The van der Waals surface area contributed by atoms with Crippen molar-refractivity contribution in [2.45, 2.75) is 25.0 Å².